The molecule has 144 valence electrons. The highest BCUT2D eigenvalue weighted by molar-refractivity contribution is 5.98. The van der Waals surface area contributed by atoms with Crippen molar-refractivity contribution in [3.8, 4) is 0 Å². The number of rotatable bonds is 8. The zero-order valence-electron chi connectivity index (χ0n) is 16.0. The monoisotopic (exact) mass is 370 g/mol. The second-order valence-electron chi connectivity index (χ2n) is 7.51. The van der Waals surface area contributed by atoms with Crippen molar-refractivity contribution in [2.45, 2.75) is 58.5 Å². The predicted octanol–water partition coefficient (Wildman–Crippen LogP) is 2.72. The van der Waals surface area contributed by atoms with Crippen molar-refractivity contribution in [1.29, 1.82) is 0 Å². The van der Waals surface area contributed by atoms with Crippen LogP contribution in [0.15, 0.2) is 28.8 Å². The molecule has 1 fully saturated rings. The van der Waals surface area contributed by atoms with Gasteiger partial charge in [-0.15, -0.1) is 0 Å². The van der Waals surface area contributed by atoms with Crippen molar-refractivity contribution >= 4 is 11.8 Å². The van der Waals surface area contributed by atoms with Gasteiger partial charge < -0.3 is 15.2 Å². The van der Waals surface area contributed by atoms with Crippen LogP contribution < -0.4 is 10.6 Å². The van der Waals surface area contributed by atoms with Crippen LogP contribution in [0.4, 0.5) is 0 Å². The molecule has 0 spiro atoms. The number of benzene rings is 1. The van der Waals surface area contributed by atoms with Gasteiger partial charge in [-0.3, -0.25) is 9.59 Å². The largest absolute Gasteiger partial charge is 0.345 e. The maximum atomic E-state index is 12.6. The van der Waals surface area contributed by atoms with E-state index >= 15 is 0 Å². The summed E-state index contributed by atoms with van der Waals surface area (Å²) >= 11 is 0. The summed E-state index contributed by atoms with van der Waals surface area (Å²) in [5.74, 6) is 1.26. The van der Waals surface area contributed by atoms with Gasteiger partial charge in [-0.1, -0.05) is 37.2 Å². The topological polar surface area (TPSA) is 97.1 Å². The van der Waals surface area contributed by atoms with Gasteiger partial charge in [0.25, 0.3) is 5.91 Å². The molecule has 2 amide bonds. The summed E-state index contributed by atoms with van der Waals surface area (Å²) in [5.41, 5.74) is 1.45. The van der Waals surface area contributed by atoms with E-state index in [1.54, 1.807) is 6.07 Å². The van der Waals surface area contributed by atoms with Crippen molar-refractivity contribution < 1.29 is 14.1 Å². The quantitative estimate of drug-likeness (QED) is 0.745. The molecule has 1 saturated carbocycles. The molecule has 1 aliphatic carbocycles. The first kappa shape index (κ1) is 19.1. The Labute approximate surface area is 158 Å². The first-order chi connectivity index (χ1) is 12.9. The number of hydrogen-bond acceptors (Lipinski definition) is 5. The zero-order chi connectivity index (χ0) is 19.4. The third-order valence-electron chi connectivity index (χ3n) is 4.56. The molecule has 1 aromatic carbocycles. The Bertz CT molecular complexity index is 811. The average Bonchev–Trinajstić information content (AvgIpc) is 3.37. The molecule has 1 atom stereocenters. The normalized spacial score (nSPS) is 14.8. The summed E-state index contributed by atoms with van der Waals surface area (Å²) in [6, 6.07) is 6.70. The molecule has 27 heavy (non-hydrogen) atoms. The van der Waals surface area contributed by atoms with Gasteiger partial charge in [-0.05, 0) is 43.7 Å². The lowest BCUT2D eigenvalue weighted by atomic mass is 10.0. The van der Waals surface area contributed by atoms with Gasteiger partial charge in [-0.25, -0.2) is 0 Å². The number of aryl methyl sites for hydroxylation is 1. The van der Waals surface area contributed by atoms with Crippen molar-refractivity contribution in [2.75, 3.05) is 0 Å². The molecule has 0 bridgehead atoms. The van der Waals surface area contributed by atoms with E-state index in [9.17, 15) is 9.59 Å². The molecule has 0 radical (unpaired) electrons. The van der Waals surface area contributed by atoms with Crippen LogP contribution in [0.3, 0.4) is 0 Å². The van der Waals surface area contributed by atoms with E-state index in [0.29, 0.717) is 29.6 Å². The highest BCUT2D eigenvalue weighted by Gasteiger charge is 2.29. The highest BCUT2D eigenvalue weighted by Crippen LogP contribution is 2.38. The Morgan fingerprint density at radius 1 is 1.26 bits per heavy atom. The lowest BCUT2D eigenvalue weighted by Crippen LogP contribution is -2.47. The number of nitrogens with one attached hydrogen (secondary N) is 2. The van der Waals surface area contributed by atoms with E-state index in [2.05, 4.69) is 20.8 Å². The smallest absolute Gasteiger partial charge is 0.252 e. The van der Waals surface area contributed by atoms with Gasteiger partial charge in [0.1, 0.15) is 6.04 Å². The molecule has 1 heterocycles. The molecule has 1 aromatic heterocycles. The Morgan fingerprint density at radius 3 is 2.67 bits per heavy atom. The van der Waals surface area contributed by atoms with Gasteiger partial charge in [0.2, 0.25) is 11.8 Å². The van der Waals surface area contributed by atoms with E-state index in [-0.39, 0.29) is 24.3 Å². The predicted molar refractivity (Wildman–Crippen MR) is 100 cm³/mol. The standard InChI is InChI=1S/C20H26N4O3/c1-12(2)10-16(22-19(25)15-7-5-4-6-13(15)3)20(26)21-11-17-23-18(24-27-17)14-8-9-14/h4-7,12,14,16H,8-11H2,1-3H3,(H,21,26)(H,22,25). The number of carbonyl (C=O) groups is 2. The fourth-order valence-corrected chi connectivity index (χ4v) is 2.90. The molecule has 1 unspecified atom stereocenters. The second kappa shape index (κ2) is 8.33. The molecule has 7 nitrogen and oxygen atoms in total. The van der Waals surface area contributed by atoms with Gasteiger partial charge in [-0.2, -0.15) is 4.98 Å². The third-order valence-corrected chi connectivity index (χ3v) is 4.56. The van der Waals surface area contributed by atoms with Crippen LogP contribution in [0.2, 0.25) is 0 Å². The molecule has 7 heteroatoms. The minimum Gasteiger partial charge on any atom is -0.345 e. The van der Waals surface area contributed by atoms with Crippen LogP contribution in [-0.4, -0.2) is 28.0 Å². The van der Waals surface area contributed by atoms with E-state index in [4.69, 9.17) is 4.52 Å². The van der Waals surface area contributed by atoms with Gasteiger partial charge >= 0.3 is 0 Å². The Hall–Kier alpha value is -2.70. The maximum absolute atomic E-state index is 12.6. The summed E-state index contributed by atoms with van der Waals surface area (Å²) in [5, 5.41) is 9.60. The summed E-state index contributed by atoms with van der Waals surface area (Å²) in [4.78, 5) is 29.5. The lowest BCUT2D eigenvalue weighted by molar-refractivity contribution is -0.123. The van der Waals surface area contributed by atoms with Crippen molar-refractivity contribution in [1.82, 2.24) is 20.8 Å². The SMILES string of the molecule is Cc1ccccc1C(=O)NC(CC(C)C)C(=O)NCc1nc(C2CC2)no1. The van der Waals surface area contributed by atoms with E-state index in [1.807, 2.05) is 39.0 Å². The summed E-state index contributed by atoms with van der Waals surface area (Å²) in [7, 11) is 0. The Morgan fingerprint density at radius 2 is 2.00 bits per heavy atom. The Balaban J connectivity index is 1.61. The van der Waals surface area contributed by atoms with Gasteiger partial charge in [0.05, 0.1) is 6.54 Å². The minimum absolute atomic E-state index is 0.160. The van der Waals surface area contributed by atoms with E-state index in [0.717, 1.165) is 18.4 Å². The van der Waals surface area contributed by atoms with E-state index < -0.39 is 6.04 Å². The number of aromatic nitrogens is 2. The lowest BCUT2D eigenvalue weighted by Gasteiger charge is -2.20. The minimum atomic E-state index is -0.622. The molecule has 0 saturated heterocycles. The summed E-state index contributed by atoms with van der Waals surface area (Å²) < 4.78 is 5.18. The number of nitrogens with zero attached hydrogens (tertiary/aromatic N) is 2. The molecular formula is C20H26N4O3. The third kappa shape index (κ3) is 5.15. The van der Waals surface area contributed by atoms with Crippen molar-refractivity contribution in [2.24, 2.45) is 5.92 Å². The fourth-order valence-electron chi connectivity index (χ4n) is 2.90. The van der Waals surface area contributed by atoms with Crippen LogP contribution >= 0.6 is 0 Å². The zero-order valence-corrected chi connectivity index (χ0v) is 16.0. The summed E-state index contributed by atoms with van der Waals surface area (Å²) in [6.07, 6.45) is 2.72. The molecule has 2 aromatic rings. The number of carbonyl (C=O) groups excluding carboxylic acids is 2. The van der Waals surface area contributed by atoms with Crippen LogP contribution in [0, 0.1) is 12.8 Å². The second-order valence-corrected chi connectivity index (χ2v) is 7.51. The van der Waals surface area contributed by atoms with Crippen LogP contribution in [-0.2, 0) is 11.3 Å². The number of hydrogen-bond donors (Lipinski definition) is 2. The maximum Gasteiger partial charge on any atom is 0.252 e. The average molecular weight is 370 g/mol. The van der Waals surface area contributed by atoms with Crippen LogP contribution in [0.5, 0.6) is 0 Å². The van der Waals surface area contributed by atoms with Gasteiger partial charge in [0, 0.05) is 11.5 Å². The highest BCUT2D eigenvalue weighted by atomic mass is 16.5. The number of amides is 2. The fraction of sp³-hybridized carbons (Fsp3) is 0.500. The van der Waals surface area contributed by atoms with Crippen LogP contribution in [0.1, 0.15) is 66.7 Å². The van der Waals surface area contributed by atoms with E-state index in [1.165, 1.54) is 0 Å². The molecule has 3 rings (SSSR count). The summed E-state index contributed by atoms with van der Waals surface area (Å²) in [6.45, 7) is 6.06. The van der Waals surface area contributed by atoms with Gasteiger partial charge in [0.15, 0.2) is 5.82 Å². The first-order valence-corrected chi connectivity index (χ1v) is 9.40. The Kier molecular flexibility index (Phi) is 5.88. The molecule has 2 N–H and O–H groups in total. The molecular weight excluding hydrogens is 344 g/mol. The first-order valence-electron chi connectivity index (χ1n) is 9.40. The van der Waals surface area contributed by atoms with Crippen LogP contribution in [0.25, 0.3) is 0 Å². The molecule has 1 aliphatic rings. The van der Waals surface area contributed by atoms with Crippen molar-refractivity contribution in [3.63, 3.8) is 0 Å². The van der Waals surface area contributed by atoms with Crippen molar-refractivity contribution in [3.05, 3.63) is 47.1 Å². The molecule has 0 aliphatic heterocycles.